The number of amides is 1. The number of nitrogens with zero attached hydrogens (tertiary/aromatic N) is 5. The monoisotopic (exact) mass is 988 g/mol. The number of nitro groups is 1. The quantitative estimate of drug-likeness (QED) is 0.0912. The molecule has 5 aromatic rings. The van der Waals surface area contributed by atoms with Gasteiger partial charge in [-0.05, 0) is 104 Å². The third-order valence-corrected chi connectivity index (χ3v) is 17.5. The number of nitrogens with one attached hydrogen (secondary N) is 3. The van der Waals surface area contributed by atoms with Crippen molar-refractivity contribution in [3.05, 3.63) is 99.7 Å². The number of carbonyl (C=O) groups is 1. The molecule has 5 fully saturated rings. The highest BCUT2D eigenvalue weighted by atomic mass is 32.2. The van der Waals surface area contributed by atoms with E-state index in [0.29, 0.717) is 73.8 Å². The van der Waals surface area contributed by atoms with E-state index in [2.05, 4.69) is 67.8 Å². The SMILES string of the molecule is CC(C)c1ccccc1[C@@H]1CCCN1C1CC2(CCN(c3ccc(C(=O)NS(=O)(=O)c4cc5c(c([N+](=O)[O-])c4)N[C@H]([C@H]4COCCO4)CO5)c(N4c5cc6cc[nH]c6nc5O[C@H]5COCC[C@@H]54)c3)CC2)C1. The molecule has 18 nitrogen and oxygen atoms in total. The van der Waals surface area contributed by atoms with E-state index in [1.807, 2.05) is 24.3 Å². The van der Waals surface area contributed by atoms with Gasteiger partial charge < -0.3 is 43.8 Å². The molecule has 19 heteroatoms. The van der Waals surface area contributed by atoms with Crippen LogP contribution in [0.4, 0.5) is 28.4 Å². The summed E-state index contributed by atoms with van der Waals surface area (Å²) >= 11 is 0. The van der Waals surface area contributed by atoms with Crippen molar-refractivity contribution in [2.45, 2.75) is 106 Å². The number of carbonyl (C=O) groups excluding carboxylic acids is 1. The first-order valence-electron chi connectivity index (χ1n) is 25.2. The van der Waals surface area contributed by atoms with Crippen molar-refractivity contribution in [1.29, 1.82) is 0 Å². The molecule has 1 amide bonds. The van der Waals surface area contributed by atoms with Crippen molar-refractivity contribution in [3.63, 3.8) is 0 Å². The average Bonchev–Trinajstić information content (AvgIpc) is 4.06. The van der Waals surface area contributed by atoms with Crippen LogP contribution in [-0.2, 0) is 24.2 Å². The number of fused-ring (bicyclic) bond motifs is 4. The normalized spacial score (nSPS) is 25.4. The lowest BCUT2D eigenvalue weighted by atomic mass is 9.59. The van der Waals surface area contributed by atoms with Crippen LogP contribution in [0, 0.1) is 15.5 Å². The van der Waals surface area contributed by atoms with Crippen LogP contribution in [0.3, 0.4) is 0 Å². The fourth-order valence-electron chi connectivity index (χ4n) is 12.5. The van der Waals surface area contributed by atoms with E-state index in [9.17, 15) is 23.3 Å². The lowest BCUT2D eigenvalue weighted by Gasteiger charge is -2.56. The summed E-state index contributed by atoms with van der Waals surface area (Å²) in [5, 5.41) is 16.5. The first kappa shape index (κ1) is 46.1. The van der Waals surface area contributed by atoms with E-state index < -0.39 is 49.7 Å². The Balaban J connectivity index is 0.838. The largest absolute Gasteiger partial charge is 0.489 e. The number of hydrogen-bond acceptors (Lipinski definition) is 15. The fraction of sp³-hybridized carbons (Fsp3) is 0.500. The van der Waals surface area contributed by atoms with Crippen LogP contribution in [0.1, 0.15) is 92.2 Å². The second kappa shape index (κ2) is 18.2. The molecule has 374 valence electrons. The molecule has 12 rings (SSSR count). The van der Waals surface area contributed by atoms with Crippen molar-refractivity contribution < 1.29 is 41.8 Å². The van der Waals surface area contributed by atoms with Gasteiger partial charge in [0.2, 0.25) is 5.88 Å². The number of sulfonamides is 1. The highest BCUT2D eigenvalue weighted by Crippen LogP contribution is 2.55. The molecule has 0 unspecified atom stereocenters. The third kappa shape index (κ3) is 8.42. The minimum atomic E-state index is -4.71. The number of likely N-dealkylation sites (tertiary alicyclic amines) is 1. The van der Waals surface area contributed by atoms with Crippen molar-refractivity contribution in [2.75, 3.05) is 74.4 Å². The zero-order chi connectivity index (χ0) is 48.6. The number of hydrogen-bond donors (Lipinski definition) is 3. The number of rotatable bonds is 10. The maximum atomic E-state index is 14.8. The maximum absolute atomic E-state index is 14.8. The Morgan fingerprint density at radius 1 is 0.930 bits per heavy atom. The fourth-order valence-corrected chi connectivity index (χ4v) is 13.5. The van der Waals surface area contributed by atoms with Gasteiger partial charge in [-0.1, -0.05) is 38.1 Å². The number of H-pyrrole nitrogens is 1. The number of aromatic amines is 1. The molecule has 2 aromatic heterocycles. The molecule has 3 N–H and O–H groups in total. The summed E-state index contributed by atoms with van der Waals surface area (Å²) in [6.45, 7) is 9.30. The van der Waals surface area contributed by atoms with Gasteiger partial charge >= 0.3 is 0 Å². The van der Waals surface area contributed by atoms with Crippen molar-refractivity contribution in [2.24, 2.45) is 5.41 Å². The van der Waals surface area contributed by atoms with E-state index >= 15 is 0 Å². The molecule has 1 saturated carbocycles. The first-order valence-corrected chi connectivity index (χ1v) is 26.6. The smallest absolute Gasteiger partial charge is 0.297 e. The van der Waals surface area contributed by atoms with Gasteiger partial charge in [-0.25, -0.2) is 13.1 Å². The van der Waals surface area contributed by atoms with Crippen LogP contribution in [0.5, 0.6) is 11.6 Å². The van der Waals surface area contributed by atoms with Crippen LogP contribution < -0.4 is 29.3 Å². The number of pyridine rings is 1. The minimum absolute atomic E-state index is 0.0231. The van der Waals surface area contributed by atoms with Crippen LogP contribution in [0.25, 0.3) is 11.0 Å². The summed E-state index contributed by atoms with van der Waals surface area (Å²) in [6, 6.07) is 20.9. The van der Waals surface area contributed by atoms with Gasteiger partial charge in [0.05, 0.1) is 59.6 Å². The lowest BCUT2D eigenvalue weighted by Crippen LogP contribution is -2.55. The Labute approximate surface area is 412 Å². The molecule has 7 aliphatic rings. The number of piperidine rings is 1. The molecule has 4 saturated heterocycles. The minimum Gasteiger partial charge on any atom is -0.489 e. The van der Waals surface area contributed by atoms with Gasteiger partial charge in [0, 0.05) is 61.2 Å². The molecule has 6 aliphatic heterocycles. The Morgan fingerprint density at radius 3 is 2.55 bits per heavy atom. The van der Waals surface area contributed by atoms with Gasteiger partial charge in [-0.2, -0.15) is 4.98 Å². The van der Waals surface area contributed by atoms with Gasteiger partial charge in [0.1, 0.15) is 30.1 Å². The molecule has 1 spiro atoms. The molecule has 0 radical (unpaired) electrons. The number of benzene rings is 3. The zero-order valence-electron chi connectivity index (χ0n) is 40.0. The van der Waals surface area contributed by atoms with E-state index in [4.69, 9.17) is 28.7 Å². The highest BCUT2D eigenvalue weighted by Gasteiger charge is 2.50. The van der Waals surface area contributed by atoms with Gasteiger partial charge in [0.15, 0.2) is 11.4 Å². The lowest BCUT2D eigenvalue weighted by molar-refractivity contribution is -0.384. The highest BCUT2D eigenvalue weighted by molar-refractivity contribution is 7.90. The van der Waals surface area contributed by atoms with Gasteiger partial charge in [-0.3, -0.25) is 19.8 Å². The number of aromatic nitrogens is 2. The number of anilines is 4. The molecule has 5 atom stereocenters. The van der Waals surface area contributed by atoms with Gasteiger partial charge in [0.25, 0.3) is 21.6 Å². The van der Waals surface area contributed by atoms with Crippen molar-refractivity contribution in [1.82, 2.24) is 19.6 Å². The predicted octanol–water partition coefficient (Wildman–Crippen LogP) is 7.58. The second-order valence-corrected chi connectivity index (χ2v) is 22.4. The average molecular weight is 989 g/mol. The molecule has 0 bridgehead atoms. The van der Waals surface area contributed by atoms with E-state index in [0.717, 1.165) is 49.6 Å². The topological polar surface area (TPSA) is 203 Å². The Kier molecular flexibility index (Phi) is 11.8. The summed E-state index contributed by atoms with van der Waals surface area (Å²) in [5.74, 6) is -0.0828. The van der Waals surface area contributed by atoms with Crippen LogP contribution in [0.2, 0.25) is 0 Å². The standard InChI is InChI=1S/C52H60N8O10S/c1-31(2)36-6-3-4-7-37(36)40-8-5-16-58(40)34-26-52(27-34)13-17-57(18-14-52)33-9-10-38(42(23-33)59-41-12-19-66-30-47(41)70-51-44(59)22-32-11-15-53-49(32)55-51)50(61)56-71(64,65)35-24-43(60(62)63)48-45(25-35)69-28-39(54-48)46-29-67-20-21-68-46/h3-4,6-7,9-11,15,22-25,31,34,39-41,46-47,54H,5,8,12-14,16-21,26-30H2,1-2H3,(H,53,55)(H,56,61)/t39-,40-,41-,46+,47-/m0/s1. The second-order valence-electron chi connectivity index (χ2n) is 20.7. The van der Waals surface area contributed by atoms with Crippen molar-refractivity contribution in [3.8, 4) is 11.6 Å². The Bertz CT molecular complexity index is 2980. The predicted molar refractivity (Wildman–Crippen MR) is 266 cm³/mol. The summed E-state index contributed by atoms with van der Waals surface area (Å²) < 4.78 is 60.6. The van der Waals surface area contributed by atoms with Crippen LogP contribution >= 0.6 is 0 Å². The number of nitro benzene ring substituents is 1. The van der Waals surface area contributed by atoms with Crippen molar-refractivity contribution >= 4 is 55.4 Å². The van der Waals surface area contributed by atoms with E-state index in [1.54, 1.807) is 12.3 Å². The summed E-state index contributed by atoms with van der Waals surface area (Å²) in [4.78, 5) is 41.4. The Morgan fingerprint density at radius 2 is 1.75 bits per heavy atom. The third-order valence-electron chi connectivity index (χ3n) is 16.2. The van der Waals surface area contributed by atoms with E-state index in [-0.39, 0.29) is 41.7 Å². The molecule has 71 heavy (non-hydrogen) atoms. The number of ether oxygens (including phenoxy) is 5. The Hall–Kier alpha value is -5.99. The van der Waals surface area contributed by atoms with Crippen LogP contribution in [0.15, 0.2) is 77.8 Å². The van der Waals surface area contributed by atoms with Gasteiger partial charge in [-0.15, -0.1) is 0 Å². The zero-order valence-corrected chi connectivity index (χ0v) is 40.8. The van der Waals surface area contributed by atoms with Crippen LogP contribution in [-0.4, -0.2) is 124 Å². The molecular weight excluding hydrogens is 929 g/mol. The molecule has 8 heterocycles. The first-order chi connectivity index (χ1) is 34.4. The summed E-state index contributed by atoms with van der Waals surface area (Å²) in [6.07, 6.45) is 8.43. The van der Waals surface area contributed by atoms with E-state index in [1.165, 1.54) is 42.9 Å². The molecule has 1 aliphatic carbocycles. The summed E-state index contributed by atoms with van der Waals surface area (Å²) in [5.41, 5.74) is 5.53. The molecular formula is C52H60N8O10S. The summed E-state index contributed by atoms with van der Waals surface area (Å²) in [7, 11) is -4.71. The maximum Gasteiger partial charge on any atom is 0.297 e. The molecule has 3 aromatic carbocycles.